The van der Waals surface area contributed by atoms with Gasteiger partial charge in [-0.05, 0) is 49.2 Å². The Hall–Kier alpha value is -2.57. The lowest BCUT2D eigenvalue weighted by Crippen LogP contribution is -2.05. The van der Waals surface area contributed by atoms with Crippen molar-refractivity contribution in [3.8, 4) is 22.5 Å². The fourth-order valence-corrected chi connectivity index (χ4v) is 3.95. The summed E-state index contributed by atoms with van der Waals surface area (Å²) in [6.45, 7) is 0. The number of nitrogens with zero attached hydrogens (tertiary/aromatic N) is 4. The van der Waals surface area contributed by atoms with E-state index in [1.54, 1.807) is 24.3 Å². The van der Waals surface area contributed by atoms with Crippen LogP contribution in [0.3, 0.4) is 0 Å². The van der Waals surface area contributed by atoms with Crippen LogP contribution in [0.4, 0.5) is 0 Å². The normalized spacial score (nSPS) is 10.9. The number of carbonyl (C=O) groups is 1. The third-order valence-corrected chi connectivity index (χ3v) is 6.68. The molecule has 9 heteroatoms. The highest BCUT2D eigenvalue weighted by molar-refractivity contribution is 6.42. The Morgan fingerprint density at radius 3 is 1.44 bits per heavy atom. The van der Waals surface area contributed by atoms with Crippen LogP contribution in [0.5, 0.6) is 0 Å². The van der Waals surface area contributed by atoms with Crippen molar-refractivity contribution in [1.82, 2.24) is 19.9 Å². The number of aryl methyl sites for hydroxylation is 2. The first-order valence-corrected chi connectivity index (χ1v) is 11.9. The van der Waals surface area contributed by atoms with Gasteiger partial charge >= 0.3 is 0 Å². The molecule has 0 bridgehead atoms. The molecule has 0 fully saturated rings. The van der Waals surface area contributed by atoms with E-state index in [4.69, 9.17) is 46.4 Å². The van der Waals surface area contributed by atoms with Gasteiger partial charge in [-0.25, -0.2) is 19.9 Å². The molecule has 0 aliphatic heterocycles. The number of aromatic nitrogens is 4. The molecule has 0 saturated carbocycles. The Morgan fingerprint density at radius 2 is 1.03 bits per heavy atom. The first-order valence-electron chi connectivity index (χ1n) is 10.4. The van der Waals surface area contributed by atoms with Crippen molar-refractivity contribution in [2.24, 2.45) is 0 Å². The van der Waals surface area contributed by atoms with Crippen LogP contribution in [0, 0.1) is 0 Å². The molecule has 34 heavy (non-hydrogen) atoms. The minimum Gasteiger partial charge on any atom is -0.300 e. The molecule has 2 aromatic carbocycles. The summed E-state index contributed by atoms with van der Waals surface area (Å²) in [6.07, 6.45) is 4.78. The Morgan fingerprint density at radius 1 is 0.588 bits per heavy atom. The van der Waals surface area contributed by atoms with Gasteiger partial charge in [0.2, 0.25) is 0 Å². The van der Waals surface area contributed by atoms with Gasteiger partial charge in [0.05, 0.1) is 31.5 Å². The van der Waals surface area contributed by atoms with Crippen LogP contribution in [0.1, 0.15) is 24.2 Å². The second kappa shape index (κ2) is 11.2. The van der Waals surface area contributed by atoms with Crippen LogP contribution in [0.2, 0.25) is 20.1 Å². The summed E-state index contributed by atoms with van der Waals surface area (Å²) in [5.74, 6) is 0.129. The standard InChI is InChI=1S/C25H18Cl4N4O/c26-20-7-1-15(9-22(20)28)24-11-17(30-13-32-24)3-5-19(34)6-4-18-12-25(33-14-31-18)16-2-8-21(27)23(29)10-16/h1-2,7-14H,3-6H2. The van der Waals surface area contributed by atoms with Crippen molar-refractivity contribution in [2.45, 2.75) is 25.7 Å². The number of benzene rings is 2. The molecule has 0 N–H and O–H groups in total. The van der Waals surface area contributed by atoms with E-state index < -0.39 is 0 Å². The van der Waals surface area contributed by atoms with Crippen LogP contribution in [0.15, 0.2) is 61.2 Å². The number of halogens is 4. The first kappa shape index (κ1) is 24.6. The zero-order valence-electron chi connectivity index (χ0n) is 17.8. The monoisotopic (exact) mass is 530 g/mol. The largest absolute Gasteiger partial charge is 0.300 e. The molecule has 0 aliphatic carbocycles. The summed E-state index contributed by atoms with van der Waals surface area (Å²) in [5, 5.41) is 1.89. The SMILES string of the molecule is O=C(CCc1cc(-c2ccc(Cl)c(Cl)c2)ncn1)CCc1cc(-c2ccc(Cl)c(Cl)c2)ncn1. The fraction of sp³-hybridized carbons (Fsp3) is 0.160. The van der Waals surface area contributed by atoms with Crippen LogP contribution in [-0.2, 0) is 17.6 Å². The molecule has 0 amide bonds. The molecule has 0 unspecified atom stereocenters. The van der Waals surface area contributed by atoms with Gasteiger partial charge in [-0.1, -0.05) is 58.5 Å². The lowest BCUT2D eigenvalue weighted by molar-refractivity contribution is -0.119. The highest BCUT2D eigenvalue weighted by atomic mass is 35.5. The highest BCUT2D eigenvalue weighted by Gasteiger charge is 2.10. The molecule has 0 atom stereocenters. The van der Waals surface area contributed by atoms with Crippen LogP contribution in [-0.4, -0.2) is 25.7 Å². The molecule has 0 aliphatic rings. The van der Waals surface area contributed by atoms with Gasteiger partial charge in [0, 0.05) is 35.4 Å². The van der Waals surface area contributed by atoms with Gasteiger partial charge in [-0.2, -0.15) is 0 Å². The van der Waals surface area contributed by atoms with Crippen molar-refractivity contribution in [3.05, 3.63) is 92.7 Å². The maximum Gasteiger partial charge on any atom is 0.133 e. The summed E-state index contributed by atoms with van der Waals surface area (Å²) in [7, 11) is 0. The zero-order valence-corrected chi connectivity index (χ0v) is 20.8. The number of rotatable bonds is 8. The predicted molar refractivity (Wildman–Crippen MR) is 137 cm³/mol. The third-order valence-electron chi connectivity index (χ3n) is 5.20. The van der Waals surface area contributed by atoms with Gasteiger partial charge in [0.15, 0.2) is 0 Å². The number of hydrogen-bond donors (Lipinski definition) is 0. The average molecular weight is 532 g/mol. The summed E-state index contributed by atoms with van der Waals surface area (Å²) in [5.41, 5.74) is 4.71. The molecule has 172 valence electrons. The Kier molecular flexibility index (Phi) is 8.11. The van der Waals surface area contributed by atoms with Gasteiger partial charge in [-0.3, -0.25) is 4.79 Å². The summed E-state index contributed by atoms with van der Waals surface area (Å²) < 4.78 is 0. The number of carbonyl (C=O) groups excluding carboxylic acids is 1. The van der Waals surface area contributed by atoms with Gasteiger partial charge in [-0.15, -0.1) is 0 Å². The molecule has 2 aromatic heterocycles. The van der Waals surface area contributed by atoms with Crippen LogP contribution >= 0.6 is 46.4 Å². The summed E-state index contributed by atoms with van der Waals surface area (Å²) in [6, 6.07) is 14.4. The van der Waals surface area contributed by atoms with Crippen molar-refractivity contribution in [3.63, 3.8) is 0 Å². The Bertz CT molecular complexity index is 1250. The van der Waals surface area contributed by atoms with Crippen LogP contribution in [0.25, 0.3) is 22.5 Å². The van der Waals surface area contributed by atoms with Gasteiger partial charge in [0.1, 0.15) is 18.4 Å². The lowest BCUT2D eigenvalue weighted by atomic mass is 10.0. The summed E-state index contributed by atoms with van der Waals surface area (Å²) in [4.78, 5) is 29.7. The van der Waals surface area contributed by atoms with Crippen LogP contribution < -0.4 is 0 Å². The van der Waals surface area contributed by atoms with E-state index in [0.29, 0.717) is 45.8 Å². The molecule has 5 nitrogen and oxygen atoms in total. The Balaban J connectivity index is 1.34. The van der Waals surface area contributed by atoms with Gasteiger partial charge < -0.3 is 0 Å². The molecule has 0 saturated heterocycles. The smallest absolute Gasteiger partial charge is 0.133 e. The maximum atomic E-state index is 12.5. The second-order valence-electron chi connectivity index (χ2n) is 7.59. The van der Waals surface area contributed by atoms with Gasteiger partial charge in [0.25, 0.3) is 0 Å². The minimum atomic E-state index is 0.129. The van der Waals surface area contributed by atoms with E-state index >= 15 is 0 Å². The number of ketones is 1. The highest BCUT2D eigenvalue weighted by Crippen LogP contribution is 2.29. The number of Topliss-reactive ketones (excluding diaryl/α,β-unsaturated/α-hetero) is 1. The van der Waals surface area contributed by atoms with E-state index in [0.717, 1.165) is 33.9 Å². The van der Waals surface area contributed by atoms with Crippen molar-refractivity contribution in [2.75, 3.05) is 0 Å². The van der Waals surface area contributed by atoms with Crippen molar-refractivity contribution >= 4 is 52.2 Å². The second-order valence-corrected chi connectivity index (χ2v) is 9.21. The van der Waals surface area contributed by atoms with E-state index in [2.05, 4.69) is 19.9 Å². The molecule has 2 heterocycles. The quantitative estimate of drug-likeness (QED) is 0.238. The van der Waals surface area contributed by atoms with E-state index in [9.17, 15) is 4.79 Å². The first-order chi connectivity index (χ1) is 16.4. The molecule has 0 spiro atoms. The Labute approximate surface area is 217 Å². The predicted octanol–water partition coefficient (Wildman–Crippen LogP) is 7.35. The maximum absolute atomic E-state index is 12.5. The fourth-order valence-electron chi connectivity index (χ4n) is 3.36. The topological polar surface area (TPSA) is 68.6 Å². The van der Waals surface area contributed by atoms with E-state index in [-0.39, 0.29) is 5.78 Å². The molecule has 4 aromatic rings. The molecule has 0 radical (unpaired) electrons. The minimum absolute atomic E-state index is 0.129. The average Bonchev–Trinajstić information content (AvgIpc) is 2.85. The molecule has 4 rings (SSSR count). The van der Waals surface area contributed by atoms with Crippen molar-refractivity contribution in [1.29, 1.82) is 0 Å². The zero-order chi connectivity index (χ0) is 24.1. The number of hydrogen-bond acceptors (Lipinski definition) is 5. The molecular weight excluding hydrogens is 514 g/mol. The molecular formula is C25H18Cl4N4O. The lowest BCUT2D eigenvalue weighted by Gasteiger charge is -2.06. The van der Waals surface area contributed by atoms with E-state index in [1.807, 2.05) is 24.3 Å². The third kappa shape index (κ3) is 6.30. The van der Waals surface area contributed by atoms with E-state index in [1.165, 1.54) is 12.7 Å². The summed E-state index contributed by atoms with van der Waals surface area (Å²) >= 11 is 24.2. The van der Waals surface area contributed by atoms with Crippen molar-refractivity contribution < 1.29 is 4.79 Å².